The monoisotopic (exact) mass is 379 g/mol. The molecule has 0 spiro atoms. The van der Waals surface area contributed by atoms with Crippen LogP contribution in [0.15, 0.2) is 0 Å². The lowest BCUT2D eigenvalue weighted by Gasteiger charge is -2.32. The lowest BCUT2D eigenvalue weighted by molar-refractivity contribution is -0.140. The highest BCUT2D eigenvalue weighted by Crippen LogP contribution is 2.54. The molecule has 0 aromatic rings. The van der Waals surface area contributed by atoms with Crippen LogP contribution in [0.3, 0.4) is 0 Å². The van der Waals surface area contributed by atoms with Crippen LogP contribution in [0, 0.1) is 0 Å². The molecule has 3 N–H and O–H groups in total. The second-order valence-corrected chi connectivity index (χ2v) is 10.5. The van der Waals surface area contributed by atoms with Gasteiger partial charge in [-0.2, -0.15) is 0 Å². The van der Waals surface area contributed by atoms with Crippen molar-refractivity contribution < 1.29 is 29.3 Å². The Morgan fingerprint density at radius 2 is 1.16 bits per heavy atom. The number of rotatable bonds is 6. The highest BCUT2D eigenvalue weighted by Gasteiger charge is 2.36. The van der Waals surface area contributed by atoms with Crippen LogP contribution in [-0.4, -0.2) is 106 Å². The molecule has 1 rings (SSSR count). The Morgan fingerprint density at radius 1 is 0.840 bits per heavy atom. The number of hydrogen-bond acceptors (Lipinski definition) is 6. The lowest BCUT2D eigenvalue weighted by Crippen LogP contribution is -2.40. The van der Waals surface area contributed by atoms with Crippen molar-refractivity contribution in [3.05, 3.63) is 0 Å². The minimum Gasteiger partial charge on any atom is -0.480 e. The quantitative estimate of drug-likeness (QED) is 0.552. The fourth-order valence-electron chi connectivity index (χ4n) is 2.51. The van der Waals surface area contributed by atoms with E-state index in [9.17, 15) is 19.0 Å². The van der Waals surface area contributed by atoms with Gasteiger partial charge in [0.2, 0.25) is 7.37 Å². The molecule has 0 saturated carbocycles. The van der Waals surface area contributed by atoms with Crippen molar-refractivity contribution in [3.63, 3.8) is 0 Å². The summed E-state index contributed by atoms with van der Waals surface area (Å²) in [5.74, 6) is -1.89. The molecule has 0 aliphatic carbocycles. The zero-order valence-electron chi connectivity index (χ0n) is 15.2. The normalized spacial score (nSPS) is 21.8. The average Bonchev–Trinajstić information content (AvgIpc) is 2.50. The van der Waals surface area contributed by atoms with Crippen LogP contribution in [0.2, 0.25) is 0 Å². The maximum atomic E-state index is 12.6. The summed E-state index contributed by atoms with van der Waals surface area (Å²) in [5.41, 5.74) is 0. The van der Waals surface area contributed by atoms with Gasteiger partial charge in [-0.05, 0) is 0 Å². The Morgan fingerprint density at radius 3 is 1.44 bits per heavy atom. The molecule has 1 fully saturated rings. The molecule has 1 heterocycles. The molecular formula is C15H30N3O6P. The number of hydrogen-bond donors (Lipinski definition) is 3. The molecule has 0 bridgehead atoms. The number of carboxylic acid groups (broad SMARTS) is 2. The zero-order valence-corrected chi connectivity index (χ0v) is 16.1. The largest absolute Gasteiger partial charge is 0.480 e. The van der Waals surface area contributed by atoms with E-state index in [0.717, 1.165) is 0 Å². The summed E-state index contributed by atoms with van der Waals surface area (Å²) in [6.07, 6.45) is 0.0122. The van der Waals surface area contributed by atoms with Crippen LogP contribution in [0.25, 0.3) is 0 Å². The van der Waals surface area contributed by atoms with E-state index in [1.165, 1.54) is 0 Å². The average molecular weight is 379 g/mol. The second kappa shape index (κ2) is 9.09. The van der Waals surface area contributed by atoms with Crippen molar-refractivity contribution in [3.8, 4) is 0 Å². The van der Waals surface area contributed by atoms with Gasteiger partial charge in [-0.25, -0.2) is 0 Å². The fraction of sp³-hybridized carbons (Fsp3) is 0.867. The standard InChI is InChI=1S/C15H30N3O6P/c1-15(2,3)25(23,24)12-18-8-6-16(10-13(19)20)4-5-17(7-9-18)11-14(21)22/h4-12H2,1-3H3,(H,19,20)(H,21,22)(H,23,24). The Labute approximate surface area is 148 Å². The van der Waals surface area contributed by atoms with E-state index < -0.39 is 24.5 Å². The van der Waals surface area contributed by atoms with Crippen molar-refractivity contribution in [2.24, 2.45) is 0 Å². The first-order valence-electron chi connectivity index (χ1n) is 8.33. The van der Waals surface area contributed by atoms with E-state index in [1.54, 1.807) is 30.6 Å². The van der Waals surface area contributed by atoms with Gasteiger partial charge in [-0.3, -0.25) is 28.9 Å². The maximum absolute atomic E-state index is 12.6. The fourth-order valence-corrected chi connectivity index (χ4v) is 3.76. The highest BCUT2D eigenvalue weighted by molar-refractivity contribution is 7.59. The first-order chi connectivity index (χ1) is 11.4. The van der Waals surface area contributed by atoms with Crippen LogP contribution < -0.4 is 0 Å². The number of aliphatic carboxylic acids is 2. The molecule has 0 aromatic heterocycles. The minimum absolute atomic E-state index is 0.0122. The molecule has 0 aromatic carbocycles. The minimum atomic E-state index is -3.43. The molecule has 146 valence electrons. The zero-order chi connectivity index (χ0) is 19.3. The molecule has 1 unspecified atom stereocenters. The van der Waals surface area contributed by atoms with E-state index in [0.29, 0.717) is 39.3 Å². The number of carbonyl (C=O) groups is 2. The van der Waals surface area contributed by atoms with Gasteiger partial charge in [-0.15, -0.1) is 0 Å². The molecule has 1 saturated heterocycles. The molecule has 1 atom stereocenters. The van der Waals surface area contributed by atoms with Gasteiger partial charge in [0.25, 0.3) is 0 Å². The van der Waals surface area contributed by atoms with Gasteiger partial charge < -0.3 is 15.1 Å². The van der Waals surface area contributed by atoms with Crippen molar-refractivity contribution in [1.29, 1.82) is 0 Å². The van der Waals surface area contributed by atoms with Gasteiger partial charge >= 0.3 is 11.9 Å². The third-order valence-corrected chi connectivity index (χ3v) is 7.23. The predicted octanol–water partition coefficient (Wildman–Crippen LogP) is 0.102. The Kier molecular flexibility index (Phi) is 8.02. The molecule has 9 nitrogen and oxygen atoms in total. The Hall–Kier alpha value is -0.990. The van der Waals surface area contributed by atoms with Crippen molar-refractivity contribution in [2.45, 2.75) is 25.9 Å². The molecule has 0 radical (unpaired) electrons. The molecular weight excluding hydrogens is 349 g/mol. The van der Waals surface area contributed by atoms with Crippen molar-refractivity contribution in [2.75, 3.05) is 58.6 Å². The molecule has 25 heavy (non-hydrogen) atoms. The van der Waals surface area contributed by atoms with E-state index >= 15 is 0 Å². The van der Waals surface area contributed by atoms with E-state index in [2.05, 4.69) is 0 Å². The summed E-state index contributed by atoms with van der Waals surface area (Å²) < 4.78 is 12.6. The molecule has 1 aliphatic heterocycles. The molecule has 1 aliphatic rings. The van der Waals surface area contributed by atoms with Gasteiger partial charge in [0.05, 0.1) is 19.4 Å². The Balaban J connectivity index is 2.86. The number of carboxylic acids is 2. The van der Waals surface area contributed by atoms with Gasteiger partial charge in [0.15, 0.2) is 0 Å². The van der Waals surface area contributed by atoms with Crippen LogP contribution in [0.5, 0.6) is 0 Å². The summed E-state index contributed by atoms with van der Waals surface area (Å²) >= 11 is 0. The van der Waals surface area contributed by atoms with Crippen LogP contribution in [0.4, 0.5) is 0 Å². The lowest BCUT2D eigenvalue weighted by atomic mass is 10.3. The summed E-state index contributed by atoms with van der Waals surface area (Å²) in [6.45, 7) is 7.63. The third kappa shape index (κ3) is 7.83. The number of nitrogens with zero attached hydrogens (tertiary/aromatic N) is 3. The van der Waals surface area contributed by atoms with Gasteiger partial charge in [-0.1, -0.05) is 20.8 Å². The van der Waals surface area contributed by atoms with E-state index in [-0.39, 0.29) is 19.4 Å². The SMILES string of the molecule is CC(C)(C)P(=O)(O)CN1CCN(CC(=O)O)CCN(CC(=O)O)CC1. The van der Waals surface area contributed by atoms with Crippen LogP contribution in [-0.2, 0) is 14.2 Å². The summed E-state index contributed by atoms with van der Waals surface area (Å²) in [4.78, 5) is 37.7. The van der Waals surface area contributed by atoms with Gasteiger partial charge in [0.1, 0.15) is 0 Å². The summed E-state index contributed by atoms with van der Waals surface area (Å²) in [5, 5.41) is 17.3. The van der Waals surface area contributed by atoms with Crippen molar-refractivity contribution >= 4 is 19.3 Å². The second-order valence-electron chi connectivity index (χ2n) is 7.47. The highest BCUT2D eigenvalue weighted by atomic mass is 31.2. The van der Waals surface area contributed by atoms with E-state index in [4.69, 9.17) is 10.2 Å². The molecule has 10 heteroatoms. The maximum Gasteiger partial charge on any atom is 0.317 e. The first-order valence-corrected chi connectivity index (χ1v) is 10.2. The predicted molar refractivity (Wildman–Crippen MR) is 94.2 cm³/mol. The third-order valence-electron chi connectivity index (χ3n) is 4.35. The topological polar surface area (TPSA) is 122 Å². The van der Waals surface area contributed by atoms with Gasteiger partial charge in [0, 0.05) is 44.4 Å². The molecule has 0 amide bonds. The van der Waals surface area contributed by atoms with E-state index in [1.807, 2.05) is 4.90 Å². The van der Waals surface area contributed by atoms with Crippen molar-refractivity contribution in [1.82, 2.24) is 14.7 Å². The Bertz CT molecular complexity index is 494. The first kappa shape index (κ1) is 22.1. The smallest absolute Gasteiger partial charge is 0.317 e. The summed E-state index contributed by atoms with van der Waals surface area (Å²) in [7, 11) is -3.43. The summed E-state index contributed by atoms with van der Waals surface area (Å²) in [6, 6.07) is 0. The van der Waals surface area contributed by atoms with Crippen LogP contribution in [0.1, 0.15) is 20.8 Å². The van der Waals surface area contributed by atoms with Crippen LogP contribution >= 0.6 is 7.37 Å².